The summed E-state index contributed by atoms with van der Waals surface area (Å²) in [5.41, 5.74) is -0.0703. The molecule has 0 bridgehead atoms. The van der Waals surface area contributed by atoms with Crippen LogP contribution in [0.3, 0.4) is 0 Å². The predicted octanol–water partition coefficient (Wildman–Crippen LogP) is 3.35. The normalized spacial score (nSPS) is 12.7. The van der Waals surface area contributed by atoms with Gasteiger partial charge in [0.2, 0.25) is 5.82 Å². The van der Waals surface area contributed by atoms with E-state index in [4.69, 9.17) is 0 Å². The highest BCUT2D eigenvalue weighted by Gasteiger charge is 2.19. The first-order valence-electron chi connectivity index (χ1n) is 6.17. The lowest BCUT2D eigenvalue weighted by molar-refractivity contribution is -0.387. The molecule has 0 spiro atoms. The standard InChI is InChI=1S/C13H19FN2O2/c1-4-10(3)15(5-2)9-11-7-6-8-12(13(11)14)16(17)18/h6-8,10H,4-5,9H2,1-3H3. The monoisotopic (exact) mass is 254 g/mol. The molecule has 100 valence electrons. The highest BCUT2D eigenvalue weighted by molar-refractivity contribution is 5.36. The van der Waals surface area contributed by atoms with Gasteiger partial charge >= 0.3 is 5.69 Å². The summed E-state index contributed by atoms with van der Waals surface area (Å²) in [6.45, 7) is 7.33. The third kappa shape index (κ3) is 3.26. The van der Waals surface area contributed by atoms with E-state index < -0.39 is 16.4 Å². The van der Waals surface area contributed by atoms with E-state index in [1.807, 2.05) is 6.92 Å². The second-order valence-electron chi connectivity index (χ2n) is 4.33. The summed E-state index contributed by atoms with van der Waals surface area (Å²) in [4.78, 5) is 12.1. The average Bonchev–Trinajstić information content (AvgIpc) is 2.36. The second kappa shape index (κ2) is 6.44. The van der Waals surface area contributed by atoms with Gasteiger partial charge in [0, 0.05) is 24.2 Å². The molecule has 0 heterocycles. The van der Waals surface area contributed by atoms with Crippen molar-refractivity contribution in [1.82, 2.24) is 4.90 Å². The van der Waals surface area contributed by atoms with Crippen LogP contribution in [0.15, 0.2) is 18.2 Å². The molecule has 1 aromatic carbocycles. The molecular weight excluding hydrogens is 235 g/mol. The van der Waals surface area contributed by atoms with E-state index >= 15 is 0 Å². The fourth-order valence-corrected chi connectivity index (χ4v) is 1.89. The first-order chi connectivity index (χ1) is 8.51. The van der Waals surface area contributed by atoms with Gasteiger partial charge in [0.15, 0.2) is 0 Å². The lowest BCUT2D eigenvalue weighted by atomic mass is 10.1. The maximum Gasteiger partial charge on any atom is 0.305 e. The number of nitro benzene ring substituents is 1. The lowest BCUT2D eigenvalue weighted by Crippen LogP contribution is -2.32. The summed E-state index contributed by atoms with van der Waals surface area (Å²) in [5, 5.41) is 10.7. The van der Waals surface area contributed by atoms with Gasteiger partial charge in [-0.3, -0.25) is 15.0 Å². The SMILES string of the molecule is CCC(C)N(CC)Cc1cccc([N+](=O)[O-])c1F. The minimum absolute atomic E-state index is 0.327. The zero-order valence-electron chi connectivity index (χ0n) is 11.0. The van der Waals surface area contributed by atoms with Crippen molar-refractivity contribution in [3.05, 3.63) is 39.7 Å². The molecule has 0 saturated carbocycles. The maximum atomic E-state index is 13.9. The number of benzene rings is 1. The molecule has 0 aliphatic rings. The highest BCUT2D eigenvalue weighted by atomic mass is 19.1. The van der Waals surface area contributed by atoms with E-state index in [9.17, 15) is 14.5 Å². The Morgan fingerprint density at radius 2 is 2.11 bits per heavy atom. The lowest BCUT2D eigenvalue weighted by Gasteiger charge is -2.26. The minimum atomic E-state index is -0.718. The zero-order chi connectivity index (χ0) is 13.7. The quantitative estimate of drug-likeness (QED) is 0.577. The Balaban J connectivity index is 2.96. The van der Waals surface area contributed by atoms with E-state index in [0.29, 0.717) is 18.2 Å². The van der Waals surface area contributed by atoms with Crippen molar-refractivity contribution in [3.8, 4) is 0 Å². The molecule has 0 N–H and O–H groups in total. The smallest absolute Gasteiger partial charge is 0.297 e. The van der Waals surface area contributed by atoms with Gasteiger partial charge in [-0.1, -0.05) is 26.0 Å². The van der Waals surface area contributed by atoms with Gasteiger partial charge in [-0.15, -0.1) is 0 Å². The van der Waals surface area contributed by atoms with E-state index in [-0.39, 0.29) is 0 Å². The molecular formula is C13H19FN2O2. The van der Waals surface area contributed by atoms with Crippen LogP contribution < -0.4 is 0 Å². The molecule has 4 nitrogen and oxygen atoms in total. The van der Waals surface area contributed by atoms with Crippen molar-refractivity contribution < 1.29 is 9.31 Å². The molecule has 0 aliphatic carbocycles. The van der Waals surface area contributed by atoms with Crippen molar-refractivity contribution in [1.29, 1.82) is 0 Å². The average molecular weight is 254 g/mol. The van der Waals surface area contributed by atoms with Crippen LogP contribution in [0.25, 0.3) is 0 Å². The van der Waals surface area contributed by atoms with Crippen LogP contribution in [0.1, 0.15) is 32.8 Å². The fraction of sp³-hybridized carbons (Fsp3) is 0.538. The Morgan fingerprint density at radius 3 is 2.61 bits per heavy atom. The van der Waals surface area contributed by atoms with Gasteiger partial charge in [-0.2, -0.15) is 4.39 Å². The predicted molar refractivity (Wildman–Crippen MR) is 68.9 cm³/mol. The van der Waals surface area contributed by atoms with Gasteiger partial charge < -0.3 is 0 Å². The Bertz CT molecular complexity index is 423. The number of hydrogen-bond acceptors (Lipinski definition) is 3. The molecule has 0 fully saturated rings. The molecule has 5 heteroatoms. The zero-order valence-corrected chi connectivity index (χ0v) is 11.0. The molecule has 0 saturated heterocycles. The van der Waals surface area contributed by atoms with Crippen LogP contribution >= 0.6 is 0 Å². The highest BCUT2D eigenvalue weighted by Crippen LogP contribution is 2.22. The molecule has 1 rings (SSSR count). The minimum Gasteiger partial charge on any atom is -0.297 e. The largest absolute Gasteiger partial charge is 0.305 e. The maximum absolute atomic E-state index is 13.9. The summed E-state index contributed by atoms with van der Waals surface area (Å²) in [7, 11) is 0. The number of rotatable bonds is 6. The van der Waals surface area contributed by atoms with Crippen molar-refractivity contribution in [2.24, 2.45) is 0 Å². The summed E-state index contributed by atoms with van der Waals surface area (Å²) in [6.07, 6.45) is 0.963. The molecule has 1 atom stereocenters. The van der Waals surface area contributed by atoms with Crippen LogP contribution in [0, 0.1) is 15.9 Å². The van der Waals surface area contributed by atoms with E-state index in [1.165, 1.54) is 12.1 Å². The topological polar surface area (TPSA) is 46.4 Å². The molecule has 1 unspecified atom stereocenters. The van der Waals surface area contributed by atoms with Crippen LogP contribution in [-0.4, -0.2) is 22.4 Å². The summed E-state index contributed by atoms with van der Waals surface area (Å²) < 4.78 is 13.9. The van der Waals surface area contributed by atoms with Gasteiger partial charge in [-0.05, 0) is 19.9 Å². The van der Waals surface area contributed by atoms with Gasteiger partial charge in [-0.25, -0.2) is 0 Å². The number of nitro groups is 1. The molecule has 0 aromatic heterocycles. The van der Waals surface area contributed by atoms with Gasteiger partial charge in [0.1, 0.15) is 0 Å². The summed E-state index contributed by atoms with van der Waals surface area (Å²) in [6, 6.07) is 4.65. The number of hydrogen-bond donors (Lipinski definition) is 0. The van der Waals surface area contributed by atoms with Crippen molar-refractivity contribution in [3.63, 3.8) is 0 Å². The van der Waals surface area contributed by atoms with Crippen LogP contribution in [0.4, 0.5) is 10.1 Å². The van der Waals surface area contributed by atoms with Gasteiger partial charge in [0.25, 0.3) is 0 Å². The number of halogens is 1. The van der Waals surface area contributed by atoms with Crippen LogP contribution in [0.5, 0.6) is 0 Å². The Hall–Kier alpha value is -1.49. The van der Waals surface area contributed by atoms with Crippen LogP contribution in [-0.2, 0) is 6.54 Å². The summed E-state index contributed by atoms with van der Waals surface area (Å²) >= 11 is 0. The van der Waals surface area contributed by atoms with E-state index in [2.05, 4.69) is 18.7 Å². The van der Waals surface area contributed by atoms with Crippen LogP contribution in [0.2, 0.25) is 0 Å². The summed E-state index contributed by atoms with van der Waals surface area (Å²) in [5.74, 6) is -0.718. The molecule has 0 amide bonds. The Kier molecular flexibility index (Phi) is 5.22. The Morgan fingerprint density at radius 1 is 1.44 bits per heavy atom. The molecule has 18 heavy (non-hydrogen) atoms. The fourth-order valence-electron chi connectivity index (χ4n) is 1.89. The molecule has 1 aromatic rings. The van der Waals surface area contributed by atoms with Crippen molar-refractivity contribution >= 4 is 5.69 Å². The van der Waals surface area contributed by atoms with Crippen molar-refractivity contribution in [2.45, 2.75) is 39.8 Å². The third-order valence-electron chi connectivity index (χ3n) is 3.25. The number of nitrogens with zero attached hydrogens (tertiary/aromatic N) is 2. The third-order valence-corrected chi connectivity index (χ3v) is 3.25. The van der Waals surface area contributed by atoms with Gasteiger partial charge in [0.05, 0.1) is 4.92 Å². The van der Waals surface area contributed by atoms with E-state index in [0.717, 1.165) is 13.0 Å². The Labute approximate surface area is 107 Å². The molecule has 0 aliphatic heterocycles. The van der Waals surface area contributed by atoms with Crippen molar-refractivity contribution in [2.75, 3.05) is 6.54 Å². The van der Waals surface area contributed by atoms with E-state index in [1.54, 1.807) is 6.07 Å². The first-order valence-corrected chi connectivity index (χ1v) is 6.17. The second-order valence-corrected chi connectivity index (χ2v) is 4.33. The molecule has 0 radical (unpaired) electrons. The first kappa shape index (κ1) is 14.6.